The fourth-order valence-electron chi connectivity index (χ4n) is 2.19. The fourth-order valence-corrected chi connectivity index (χ4v) is 3.03. The van der Waals surface area contributed by atoms with E-state index in [1.54, 1.807) is 5.51 Å². The van der Waals surface area contributed by atoms with Gasteiger partial charge in [0.25, 0.3) is 0 Å². The Balaban J connectivity index is 2.32. The van der Waals surface area contributed by atoms with Gasteiger partial charge in [-0.25, -0.2) is 0 Å². The highest BCUT2D eigenvalue weighted by Gasteiger charge is 2.42. The third-order valence-corrected chi connectivity index (χ3v) is 4.05. The number of hydrogen-bond acceptors (Lipinski definition) is 5. The second-order valence-corrected chi connectivity index (χ2v) is 4.70. The first kappa shape index (κ1) is 10.0. The van der Waals surface area contributed by atoms with Crippen LogP contribution < -0.4 is 5.73 Å². The van der Waals surface area contributed by atoms with E-state index in [-0.39, 0.29) is 11.5 Å². The number of nitrogens with two attached hydrogens (primary N) is 1. The predicted octanol–water partition coefficient (Wildman–Crippen LogP) is 0.669. The summed E-state index contributed by atoms with van der Waals surface area (Å²) in [6.45, 7) is 0.462. The van der Waals surface area contributed by atoms with E-state index in [2.05, 4.69) is 10.2 Å². The second kappa shape index (κ2) is 3.92. The summed E-state index contributed by atoms with van der Waals surface area (Å²) in [6.07, 6.45) is 3.61. The van der Waals surface area contributed by atoms with Crippen molar-refractivity contribution in [1.29, 1.82) is 0 Å². The molecule has 0 radical (unpaired) electrons. The fraction of sp³-hybridized carbons (Fsp3) is 0.778. The molecule has 1 aliphatic rings. The van der Waals surface area contributed by atoms with Crippen LogP contribution in [0.1, 0.15) is 30.7 Å². The molecule has 2 rings (SSSR count). The largest absolute Gasteiger partial charge is 0.392 e. The third-order valence-electron chi connectivity index (χ3n) is 3.14. The van der Waals surface area contributed by atoms with Crippen LogP contribution in [-0.2, 0) is 5.41 Å². The van der Waals surface area contributed by atoms with E-state index in [1.807, 2.05) is 0 Å². The Morgan fingerprint density at radius 2 is 2.50 bits per heavy atom. The molecule has 2 unspecified atom stereocenters. The molecule has 1 fully saturated rings. The van der Waals surface area contributed by atoms with Crippen LogP contribution in [0.5, 0.6) is 0 Å². The molecule has 1 heterocycles. The Kier molecular flexibility index (Phi) is 2.80. The number of aliphatic hydroxyl groups excluding tert-OH is 1. The lowest BCUT2D eigenvalue weighted by Crippen LogP contribution is -2.48. The van der Waals surface area contributed by atoms with E-state index in [4.69, 9.17) is 5.73 Å². The highest BCUT2D eigenvalue weighted by atomic mass is 32.1. The van der Waals surface area contributed by atoms with Crippen molar-refractivity contribution in [2.75, 3.05) is 6.54 Å². The summed E-state index contributed by atoms with van der Waals surface area (Å²) in [4.78, 5) is 0. The Labute approximate surface area is 87.2 Å². The van der Waals surface area contributed by atoms with Crippen molar-refractivity contribution in [2.45, 2.75) is 37.2 Å². The van der Waals surface area contributed by atoms with E-state index in [0.29, 0.717) is 6.54 Å². The molecule has 1 aromatic rings. The lowest BCUT2D eigenvalue weighted by molar-refractivity contribution is 0.0458. The van der Waals surface area contributed by atoms with Gasteiger partial charge in [-0.2, -0.15) is 0 Å². The van der Waals surface area contributed by atoms with Crippen molar-refractivity contribution in [3.8, 4) is 0 Å². The van der Waals surface area contributed by atoms with Gasteiger partial charge in [-0.1, -0.05) is 12.8 Å². The van der Waals surface area contributed by atoms with E-state index < -0.39 is 0 Å². The minimum atomic E-state index is -0.353. The van der Waals surface area contributed by atoms with Crippen molar-refractivity contribution in [1.82, 2.24) is 10.2 Å². The zero-order valence-electron chi connectivity index (χ0n) is 8.02. The molecule has 1 aliphatic carbocycles. The molecule has 1 aromatic heterocycles. The van der Waals surface area contributed by atoms with Gasteiger partial charge in [0, 0.05) is 6.54 Å². The number of nitrogens with zero attached hydrogens (tertiary/aromatic N) is 2. The molecule has 5 heteroatoms. The van der Waals surface area contributed by atoms with Gasteiger partial charge in [0.15, 0.2) is 0 Å². The summed E-state index contributed by atoms with van der Waals surface area (Å²) in [5, 5.41) is 18.8. The lowest BCUT2D eigenvalue weighted by Gasteiger charge is -2.38. The molecule has 14 heavy (non-hydrogen) atoms. The minimum Gasteiger partial charge on any atom is -0.392 e. The van der Waals surface area contributed by atoms with Crippen LogP contribution in [0.3, 0.4) is 0 Å². The van der Waals surface area contributed by atoms with Gasteiger partial charge in [0.1, 0.15) is 10.5 Å². The summed E-state index contributed by atoms with van der Waals surface area (Å²) in [6, 6.07) is 0. The molecule has 0 aromatic carbocycles. The Morgan fingerprint density at radius 1 is 1.64 bits per heavy atom. The molecule has 78 valence electrons. The smallest absolute Gasteiger partial charge is 0.127 e. The van der Waals surface area contributed by atoms with Gasteiger partial charge < -0.3 is 10.8 Å². The van der Waals surface area contributed by atoms with E-state index in [0.717, 1.165) is 30.7 Å². The number of rotatable bonds is 2. The minimum absolute atomic E-state index is 0.320. The molecule has 0 aliphatic heterocycles. The maximum Gasteiger partial charge on any atom is 0.127 e. The highest BCUT2D eigenvalue weighted by Crippen LogP contribution is 2.39. The zero-order chi connectivity index (χ0) is 10.0. The Bertz CT molecular complexity index is 290. The maximum atomic E-state index is 10.1. The van der Waals surface area contributed by atoms with Crippen LogP contribution in [0, 0.1) is 0 Å². The Morgan fingerprint density at radius 3 is 3.07 bits per heavy atom. The van der Waals surface area contributed by atoms with Gasteiger partial charge in [-0.05, 0) is 12.8 Å². The van der Waals surface area contributed by atoms with Crippen molar-refractivity contribution >= 4 is 11.3 Å². The normalized spacial score (nSPS) is 33.1. The molecule has 0 amide bonds. The first-order valence-electron chi connectivity index (χ1n) is 4.94. The summed E-state index contributed by atoms with van der Waals surface area (Å²) in [5.41, 5.74) is 7.18. The van der Waals surface area contributed by atoms with Crippen molar-refractivity contribution in [3.63, 3.8) is 0 Å². The summed E-state index contributed by atoms with van der Waals surface area (Å²) in [5.74, 6) is 0. The van der Waals surface area contributed by atoms with Crippen molar-refractivity contribution in [2.24, 2.45) is 5.73 Å². The van der Waals surface area contributed by atoms with Gasteiger partial charge in [-0.15, -0.1) is 21.5 Å². The van der Waals surface area contributed by atoms with Crippen LogP contribution in [0.2, 0.25) is 0 Å². The average Bonchev–Trinajstić information content (AvgIpc) is 2.72. The quantitative estimate of drug-likeness (QED) is 0.757. The van der Waals surface area contributed by atoms with Gasteiger partial charge in [-0.3, -0.25) is 0 Å². The van der Waals surface area contributed by atoms with Gasteiger partial charge in [0.05, 0.1) is 11.5 Å². The highest BCUT2D eigenvalue weighted by molar-refractivity contribution is 7.09. The Hall–Kier alpha value is -0.520. The number of aromatic nitrogens is 2. The standard InChI is InChI=1S/C9H15N3OS/c10-5-9(8-12-11-6-14-8)4-2-1-3-7(9)13/h6-7,13H,1-5,10H2. The lowest BCUT2D eigenvalue weighted by atomic mass is 9.72. The van der Waals surface area contributed by atoms with Gasteiger partial charge in [0.2, 0.25) is 0 Å². The van der Waals surface area contributed by atoms with Crippen LogP contribution in [-0.4, -0.2) is 28.0 Å². The summed E-state index contributed by atoms with van der Waals surface area (Å²) in [7, 11) is 0. The molecular weight excluding hydrogens is 198 g/mol. The van der Waals surface area contributed by atoms with Crippen molar-refractivity contribution in [3.05, 3.63) is 10.5 Å². The SMILES string of the molecule is NCC1(c2nncs2)CCCCC1O. The van der Waals surface area contributed by atoms with E-state index in [1.165, 1.54) is 11.3 Å². The molecule has 4 nitrogen and oxygen atoms in total. The third kappa shape index (κ3) is 1.45. The molecule has 2 atom stereocenters. The predicted molar refractivity (Wildman–Crippen MR) is 55.1 cm³/mol. The molecule has 0 saturated heterocycles. The van der Waals surface area contributed by atoms with Crippen LogP contribution in [0.25, 0.3) is 0 Å². The van der Waals surface area contributed by atoms with Crippen LogP contribution >= 0.6 is 11.3 Å². The molecular formula is C9H15N3OS. The first-order chi connectivity index (χ1) is 6.79. The molecule has 0 bridgehead atoms. The van der Waals surface area contributed by atoms with E-state index in [9.17, 15) is 5.11 Å². The summed E-state index contributed by atoms with van der Waals surface area (Å²) >= 11 is 1.49. The van der Waals surface area contributed by atoms with Gasteiger partial charge >= 0.3 is 0 Å². The zero-order valence-corrected chi connectivity index (χ0v) is 8.83. The second-order valence-electron chi connectivity index (χ2n) is 3.87. The van der Waals surface area contributed by atoms with Crippen molar-refractivity contribution < 1.29 is 5.11 Å². The van der Waals surface area contributed by atoms with E-state index >= 15 is 0 Å². The number of hydrogen-bond donors (Lipinski definition) is 2. The topological polar surface area (TPSA) is 72.0 Å². The van der Waals surface area contributed by atoms with Crippen LogP contribution in [0.4, 0.5) is 0 Å². The van der Waals surface area contributed by atoms with Crippen LogP contribution in [0.15, 0.2) is 5.51 Å². The molecule has 1 saturated carbocycles. The monoisotopic (exact) mass is 213 g/mol. The maximum absolute atomic E-state index is 10.1. The number of aliphatic hydroxyl groups is 1. The molecule has 0 spiro atoms. The summed E-state index contributed by atoms with van der Waals surface area (Å²) < 4.78 is 0. The average molecular weight is 213 g/mol. The molecule has 3 N–H and O–H groups in total. The first-order valence-corrected chi connectivity index (χ1v) is 5.82.